The van der Waals surface area contributed by atoms with Gasteiger partial charge in [0.2, 0.25) is 5.91 Å². The van der Waals surface area contributed by atoms with Crippen LogP contribution in [0.15, 0.2) is 0 Å². The standard InChI is InChI=1S/C16H28N4O/c1-4-9-17-10-15-12(2)19-20(13(15)3)11-16(21)18-14-7-5-6-8-14/h14,17H,4-11H2,1-3H3,(H,18,21). The third-order valence-electron chi connectivity index (χ3n) is 4.27. The fourth-order valence-corrected chi connectivity index (χ4v) is 3.01. The van der Waals surface area contributed by atoms with E-state index >= 15 is 0 Å². The van der Waals surface area contributed by atoms with Gasteiger partial charge >= 0.3 is 0 Å². The topological polar surface area (TPSA) is 59.0 Å². The molecule has 1 amide bonds. The molecule has 2 rings (SSSR count). The Morgan fingerprint density at radius 3 is 2.71 bits per heavy atom. The Labute approximate surface area is 127 Å². The van der Waals surface area contributed by atoms with E-state index in [9.17, 15) is 4.79 Å². The van der Waals surface area contributed by atoms with Gasteiger partial charge in [-0.25, -0.2) is 0 Å². The maximum atomic E-state index is 12.1. The van der Waals surface area contributed by atoms with Crippen LogP contribution in [-0.2, 0) is 17.9 Å². The molecule has 0 unspecified atom stereocenters. The number of amides is 1. The molecule has 1 saturated carbocycles. The van der Waals surface area contributed by atoms with Crippen molar-refractivity contribution in [2.45, 2.75) is 72.0 Å². The number of carbonyl (C=O) groups excluding carboxylic acids is 1. The highest BCUT2D eigenvalue weighted by Crippen LogP contribution is 2.18. The van der Waals surface area contributed by atoms with E-state index in [1.54, 1.807) is 0 Å². The number of hydrogen-bond acceptors (Lipinski definition) is 3. The summed E-state index contributed by atoms with van der Waals surface area (Å²) in [4.78, 5) is 12.1. The number of carbonyl (C=O) groups is 1. The van der Waals surface area contributed by atoms with Gasteiger partial charge in [0.25, 0.3) is 0 Å². The summed E-state index contributed by atoms with van der Waals surface area (Å²) in [6, 6.07) is 0.375. The Balaban J connectivity index is 1.93. The molecule has 1 aliphatic carbocycles. The molecular formula is C16H28N4O. The van der Waals surface area contributed by atoms with Gasteiger partial charge in [-0.2, -0.15) is 5.10 Å². The Morgan fingerprint density at radius 2 is 2.05 bits per heavy atom. The van der Waals surface area contributed by atoms with Crippen molar-refractivity contribution >= 4 is 5.91 Å². The normalized spacial score (nSPS) is 15.6. The van der Waals surface area contributed by atoms with Gasteiger partial charge in [0.05, 0.1) is 5.69 Å². The van der Waals surface area contributed by atoms with Crippen molar-refractivity contribution in [3.63, 3.8) is 0 Å². The van der Waals surface area contributed by atoms with Crippen LogP contribution in [0.3, 0.4) is 0 Å². The molecule has 0 bridgehead atoms. The molecule has 21 heavy (non-hydrogen) atoms. The molecule has 0 spiro atoms. The molecule has 1 aromatic rings. The van der Waals surface area contributed by atoms with Crippen LogP contribution < -0.4 is 10.6 Å². The molecule has 1 aliphatic rings. The van der Waals surface area contributed by atoms with E-state index in [2.05, 4.69) is 22.7 Å². The number of rotatable bonds is 7. The minimum absolute atomic E-state index is 0.0839. The first-order chi connectivity index (χ1) is 10.1. The Morgan fingerprint density at radius 1 is 1.33 bits per heavy atom. The van der Waals surface area contributed by atoms with E-state index in [4.69, 9.17) is 0 Å². The second-order valence-electron chi connectivity index (χ2n) is 6.03. The van der Waals surface area contributed by atoms with Gasteiger partial charge in [-0.05, 0) is 39.7 Å². The van der Waals surface area contributed by atoms with Gasteiger partial charge in [0.15, 0.2) is 0 Å². The molecule has 5 nitrogen and oxygen atoms in total. The number of hydrogen-bond donors (Lipinski definition) is 2. The number of aromatic nitrogens is 2. The molecule has 0 saturated heterocycles. The van der Waals surface area contributed by atoms with Crippen LogP contribution in [0.2, 0.25) is 0 Å². The maximum absolute atomic E-state index is 12.1. The van der Waals surface area contributed by atoms with Gasteiger partial charge in [-0.15, -0.1) is 0 Å². The summed E-state index contributed by atoms with van der Waals surface area (Å²) in [5.74, 6) is 0.0839. The van der Waals surface area contributed by atoms with Gasteiger partial charge in [-0.1, -0.05) is 19.8 Å². The average molecular weight is 292 g/mol. The molecule has 5 heteroatoms. The van der Waals surface area contributed by atoms with Crippen LogP contribution in [-0.4, -0.2) is 28.3 Å². The van der Waals surface area contributed by atoms with Crippen molar-refractivity contribution in [3.8, 4) is 0 Å². The molecule has 0 aromatic carbocycles. The highest BCUT2D eigenvalue weighted by Gasteiger charge is 2.18. The van der Waals surface area contributed by atoms with Gasteiger partial charge in [0.1, 0.15) is 6.54 Å². The van der Waals surface area contributed by atoms with E-state index in [0.29, 0.717) is 12.6 Å². The lowest BCUT2D eigenvalue weighted by molar-refractivity contribution is -0.122. The van der Waals surface area contributed by atoms with Crippen molar-refractivity contribution in [1.82, 2.24) is 20.4 Å². The van der Waals surface area contributed by atoms with Gasteiger partial charge in [-0.3, -0.25) is 9.48 Å². The zero-order valence-corrected chi connectivity index (χ0v) is 13.5. The smallest absolute Gasteiger partial charge is 0.241 e. The Kier molecular flexibility index (Phi) is 5.79. The second-order valence-corrected chi connectivity index (χ2v) is 6.03. The first kappa shape index (κ1) is 16.0. The van der Waals surface area contributed by atoms with Crippen molar-refractivity contribution < 1.29 is 4.79 Å². The van der Waals surface area contributed by atoms with Crippen LogP contribution in [0.5, 0.6) is 0 Å². The highest BCUT2D eigenvalue weighted by molar-refractivity contribution is 5.76. The van der Waals surface area contributed by atoms with Crippen molar-refractivity contribution in [2.24, 2.45) is 0 Å². The molecule has 2 N–H and O–H groups in total. The first-order valence-corrected chi connectivity index (χ1v) is 8.14. The number of nitrogens with zero attached hydrogens (tertiary/aromatic N) is 2. The first-order valence-electron chi connectivity index (χ1n) is 8.14. The zero-order chi connectivity index (χ0) is 15.2. The van der Waals surface area contributed by atoms with E-state index in [1.165, 1.54) is 18.4 Å². The lowest BCUT2D eigenvalue weighted by Gasteiger charge is -2.12. The van der Waals surface area contributed by atoms with Crippen LogP contribution in [0.4, 0.5) is 0 Å². The summed E-state index contributed by atoms with van der Waals surface area (Å²) in [7, 11) is 0. The quantitative estimate of drug-likeness (QED) is 0.756. The Hall–Kier alpha value is -1.36. The fourth-order valence-electron chi connectivity index (χ4n) is 3.01. The predicted molar refractivity (Wildman–Crippen MR) is 84.1 cm³/mol. The summed E-state index contributed by atoms with van der Waals surface area (Å²) in [6.45, 7) is 8.38. The monoisotopic (exact) mass is 292 g/mol. The van der Waals surface area contributed by atoms with E-state index < -0.39 is 0 Å². The summed E-state index contributed by atoms with van der Waals surface area (Å²) in [5, 5.41) is 11.0. The molecule has 0 radical (unpaired) electrons. The minimum atomic E-state index is 0.0839. The number of aryl methyl sites for hydroxylation is 1. The summed E-state index contributed by atoms with van der Waals surface area (Å²) in [5.41, 5.74) is 3.33. The van der Waals surface area contributed by atoms with E-state index in [-0.39, 0.29) is 5.91 Å². The average Bonchev–Trinajstić information content (AvgIpc) is 3.02. The molecule has 1 heterocycles. The maximum Gasteiger partial charge on any atom is 0.241 e. The molecular weight excluding hydrogens is 264 g/mol. The SMILES string of the molecule is CCCNCc1c(C)nn(CC(=O)NC2CCCC2)c1C. The van der Waals surface area contributed by atoms with Crippen LogP contribution in [0, 0.1) is 13.8 Å². The minimum Gasteiger partial charge on any atom is -0.352 e. The van der Waals surface area contributed by atoms with Gasteiger partial charge in [0, 0.05) is 23.8 Å². The Bertz CT molecular complexity index is 475. The zero-order valence-electron chi connectivity index (χ0n) is 13.5. The summed E-state index contributed by atoms with van der Waals surface area (Å²) in [6.07, 6.45) is 5.83. The molecule has 0 aliphatic heterocycles. The fraction of sp³-hybridized carbons (Fsp3) is 0.750. The predicted octanol–water partition coefficient (Wildman–Crippen LogP) is 2.06. The molecule has 1 fully saturated rings. The lowest BCUT2D eigenvalue weighted by Crippen LogP contribution is -2.35. The van der Waals surface area contributed by atoms with E-state index in [1.807, 2.05) is 18.5 Å². The molecule has 1 aromatic heterocycles. The van der Waals surface area contributed by atoms with Gasteiger partial charge < -0.3 is 10.6 Å². The third kappa shape index (κ3) is 4.30. The third-order valence-corrected chi connectivity index (χ3v) is 4.27. The van der Waals surface area contributed by atoms with Crippen LogP contribution >= 0.6 is 0 Å². The second kappa shape index (κ2) is 7.59. The van der Waals surface area contributed by atoms with Crippen LogP contribution in [0.25, 0.3) is 0 Å². The lowest BCUT2D eigenvalue weighted by atomic mass is 10.2. The van der Waals surface area contributed by atoms with Crippen LogP contribution in [0.1, 0.15) is 56.0 Å². The van der Waals surface area contributed by atoms with Crippen molar-refractivity contribution in [2.75, 3.05) is 6.54 Å². The summed E-state index contributed by atoms with van der Waals surface area (Å²) < 4.78 is 1.84. The molecule has 118 valence electrons. The summed E-state index contributed by atoms with van der Waals surface area (Å²) >= 11 is 0. The largest absolute Gasteiger partial charge is 0.352 e. The van der Waals surface area contributed by atoms with E-state index in [0.717, 1.165) is 43.7 Å². The molecule has 0 atom stereocenters. The van der Waals surface area contributed by atoms with Crippen molar-refractivity contribution in [1.29, 1.82) is 0 Å². The highest BCUT2D eigenvalue weighted by atomic mass is 16.2. The van der Waals surface area contributed by atoms with Crippen molar-refractivity contribution in [3.05, 3.63) is 17.0 Å². The number of nitrogens with one attached hydrogen (secondary N) is 2.